The number of nitrogens with zero attached hydrogens (tertiary/aromatic N) is 2. The molecule has 6 heteroatoms. The van der Waals surface area contributed by atoms with E-state index in [4.69, 9.17) is 13.7 Å². The summed E-state index contributed by atoms with van der Waals surface area (Å²) in [5.41, 5.74) is 0.717. The van der Waals surface area contributed by atoms with Gasteiger partial charge in [0, 0.05) is 0 Å². The van der Waals surface area contributed by atoms with Gasteiger partial charge in [0.15, 0.2) is 0 Å². The second kappa shape index (κ2) is 6.17. The third kappa shape index (κ3) is 3.01. The van der Waals surface area contributed by atoms with Crippen molar-refractivity contribution < 1.29 is 18.5 Å². The maximum Gasteiger partial charge on any atom is 0.318 e. The number of ether oxygens (including phenoxy) is 1. The van der Waals surface area contributed by atoms with E-state index in [9.17, 15) is 4.79 Å². The largest absolute Gasteiger partial charge is 0.472 e. The zero-order valence-electron chi connectivity index (χ0n) is 11.0. The Hall–Kier alpha value is -2.11. The molecule has 1 unspecified atom stereocenters. The Balaban J connectivity index is 2.20. The maximum atomic E-state index is 11.9. The van der Waals surface area contributed by atoms with Crippen LogP contribution in [-0.4, -0.2) is 22.7 Å². The molecule has 0 aliphatic carbocycles. The molecule has 0 saturated heterocycles. The smallest absolute Gasteiger partial charge is 0.318 e. The van der Waals surface area contributed by atoms with Gasteiger partial charge < -0.3 is 13.7 Å². The molecule has 0 fully saturated rings. The molecule has 0 spiro atoms. The molecule has 19 heavy (non-hydrogen) atoms. The Kier molecular flexibility index (Phi) is 4.33. The third-order valence-electron chi connectivity index (χ3n) is 2.67. The van der Waals surface area contributed by atoms with Crippen LogP contribution in [0.1, 0.15) is 38.5 Å². The number of hydrogen-bond acceptors (Lipinski definition) is 6. The standard InChI is InChI=1S/C13H16N2O4/c1-3-5-10(13(16)18-4-2)12-14-11(15-19-12)9-6-7-17-8-9/h6-8,10H,3-5H2,1-2H3. The SMILES string of the molecule is CCCC(C(=O)OCC)c1nc(-c2ccoc2)no1. The number of aromatic nitrogens is 2. The highest BCUT2D eigenvalue weighted by atomic mass is 16.5. The Morgan fingerprint density at radius 3 is 2.95 bits per heavy atom. The van der Waals surface area contributed by atoms with Crippen molar-refractivity contribution in [1.29, 1.82) is 0 Å². The summed E-state index contributed by atoms with van der Waals surface area (Å²) in [6.45, 7) is 4.09. The van der Waals surface area contributed by atoms with E-state index in [0.717, 1.165) is 6.42 Å². The number of esters is 1. The van der Waals surface area contributed by atoms with Crippen LogP contribution in [0.4, 0.5) is 0 Å². The zero-order valence-corrected chi connectivity index (χ0v) is 11.0. The van der Waals surface area contributed by atoms with Crippen LogP contribution in [0.2, 0.25) is 0 Å². The van der Waals surface area contributed by atoms with Crippen molar-refractivity contribution in [3.8, 4) is 11.4 Å². The van der Waals surface area contributed by atoms with Gasteiger partial charge in [0.2, 0.25) is 11.7 Å². The first kappa shape index (κ1) is 13.3. The fourth-order valence-corrected chi connectivity index (χ4v) is 1.76. The van der Waals surface area contributed by atoms with Crippen LogP contribution in [0, 0.1) is 0 Å². The molecule has 0 bridgehead atoms. The minimum atomic E-state index is -0.502. The molecule has 6 nitrogen and oxygen atoms in total. The predicted octanol–water partition coefficient (Wildman–Crippen LogP) is 2.78. The van der Waals surface area contributed by atoms with Gasteiger partial charge in [-0.25, -0.2) is 0 Å². The van der Waals surface area contributed by atoms with Crippen LogP contribution in [-0.2, 0) is 9.53 Å². The van der Waals surface area contributed by atoms with Gasteiger partial charge in [0.25, 0.3) is 0 Å². The van der Waals surface area contributed by atoms with Crippen molar-refractivity contribution in [3.63, 3.8) is 0 Å². The van der Waals surface area contributed by atoms with Gasteiger partial charge in [-0.2, -0.15) is 4.98 Å². The molecule has 2 rings (SSSR count). The van der Waals surface area contributed by atoms with Gasteiger partial charge in [-0.3, -0.25) is 4.79 Å². The summed E-state index contributed by atoms with van der Waals surface area (Å²) < 4.78 is 15.2. The molecule has 0 aliphatic heterocycles. The van der Waals surface area contributed by atoms with Crippen molar-refractivity contribution in [2.45, 2.75) is 32.6 Å². The van der Waals surface area contributed by atoms with E-state index in [2.05, 4.69) is 10.1 Å². The lowest BCUT2D eigenvalue weighted by atomic mass is 10.0. The van der Waals surface area contributed by atoms with Crippen LogP contribution in [0.5, 0.6) is 0 Å². The van der Waals surface area contributed by atoms with Gasteiger partial charge in [0.05, 0.1) is 18.4 Å². The summed E-state index contributed by atoms with van der Waals surface area (Å²) in [6.07, 6.45) is 4.49. The van der Waals surface area contributed by atoms with E-state index in [-0.39, 0.29) is 11.9 Å². The van der Waals surface area contributed by atoms with Crippen LogP contribution in [0.15, 0.2) is 27.5 Å². The highest BCUT2D eigenvalue weighted by Gasteiger charge is 2.27. The lowest BCUT2D eigenvalue weighted by molar-refractivity contribution is -0.145. The molecule has 2 heterocycles. The van der Waals surface area contributed by atoms with Gasteiger partial charge >= 0.3 is 5.97 Å². The highest BCUT2D eigenvalue weighted by molar-refractivity contribution is 5.76. The zero-order chi connectivity index (χ0) is 13.7. The first-order valence-corrected chi connectivity index (χ1v) is 6.29. The van der Waals surface area contributed by atoms with Gasteiger partial charge in [0.1, 0.15) is 12.2 Å². The predicted molar refractivity (Wildman–Crippen MR) is 66.3 cm³/mol. The molecule has 0 aliphatic rings. The molecule has 0 amide bonds. The maximum absolute atomic E-state index is 11.9. The Morgan fingerprint density at radius 1 is 1.47 bits per heavy atom. The van der Waals surface area contributed by atoms with Gasteiger partial charge in [-0.1, -0.05) is 18.5 Å². The van der Waals surface area contributed by atoms with E-state index in [1.54, 1.807) is 13.0 Å². The fourth-order valence-electron chi connectivity index (χ4n) is 1.76. The van der Waals surface area contributed by atoms with E-state index >= 15 is 0 Å². The van der Waals surface area contributed by atoms with E-state index in [0.29, 0.717) is 24.4 Å². The normalized spacial score (nSPS) is 12.3. The minimum Gasteiger partial charge on any atom is -0.472 e. The summed E-state index contributed by atoms with van der Waals surface area (Å²) in [6, 6.07) is 1.73. The van der Waals surface area contributed by atoms with Crippen LogP contribution >= 0.6 is 0 Å². The molecule has 2 aromatic rings. The van der Waals surface area contributed by atoms with E-state index in [1.807, 2.05) is 6.92 Å². The molecule has 0 saturated carbocycles. The second-order valence-corrected chi connectivity index (χ2v) is 4.06. The summed E-state index contributed by atoms with van der Waals surface area (Å²) in [5, 5.41) is 3.85. The monoisotopic (exact) mass is 264 g/mol. The summed E-state index contributed by atoms with van der Waals surface area (Å²) in [4.78, 5) is 16.1. The third-order valence-corrected chi connectivity index (χ3v) is 2.67. The van der Waals surface area contributed by atoms with Gasteiger partial charge in [-0.05, 0) is 19.4 Å². The summed E-state index contributed by atoms with van der Waals surface area (Å²) in [7, 11) is 0. The molecule has 2 aromatic heterocycles. The quantitative estimate of drug-likeness (QED) is 0.746. The number of furan rings is 1. The lowest BCUT2D eigenvalue weighted by Crippen LogP contribution is -2.16. The number of carbonyl (C=O) groups is 1. The first-order valence-electron chi connectivity index (χ1n) is 6.29. The van der Waals surface area contributed by atoms with Crippen LogP contribution < -0.4 is 0 Å². The molecular formula is C13H16N2O4. The van der Waals surface area contributed by atoms with Crippen molar-refractivity contribution in [2.75, 3.05) is 6.61 Å². The topological polar surface area (TPSA) is 78.4 Å². The fraction of sp³-hybridized carbons (Fsp3) is 0.462. The molecule has 0 radical (unpaired) electrons. The average molecular weight is 264 g/mol. The van der Waals surface area contributed by atoms with Crippen LogP contribution in [0.3, 0.4) is 0 Å². The van der Waals surface area contributed by atoms with Crippen molar-refractivity contribution >= 4 is 5.97 Å². The second-order valence-electron chi connectivity index (χ2n) is 4.06. The molecular weight excluding hydrogens is 248 g/mol. The lowest BCUT2D eigenvalue weighted by Gasteiger charge is -2.09. The molecule has 102 valence electrons. The Morgan fingerprint density at radius 2 is 2.32 bits per heavy atom. The first-order chi connectivity index (χ1) is 9.26. The van der Waals surface area contributed by atoms with Crippen molar-refractivity contribution in [1.82, 2.24) is 10.1 Å². The number of rotatable bonds is 6. The van der Waals surface area contributed by atoms with Gasteiger partial charge in [-0.15, -0.1) is 0 Å². The molecule has 0 aromatic carbocycles. The minimum absolute atomic E-state index is 0.288. The number of hydrogen-bond donors (Lipinski definition) is 0. The molecule has 1 atom stereocenters. The summed E-state index contributed by atoms with van der Waals surface area (Å²) >= 11 is 0. The molecule has 0 N–H and O–H groups in total. The number of carbonyl (C=O) groups excluding carboxylic acids is 1. The summed E-state index contributed by atoms with van der Waals surface area (Å²) in [5.74, 6) is -0.129. The highest BCUT2D eigenvalue weighted by Crippen LogP contribution is 2.24. The van der Waals surface area contributed by atoms with Crippen molar-refractivity contribution in [2.24, 2.45) is 0 Å². The van der Waals surface area contributed by atoms with Crippen molar-refractivity contribution in [3.05, 3.63) is 24.5 Å². The van der Waals surface area contributed by atoms with Crippen LogP contribution in [0.25, 0.3) is 11.4 Å². The van der Waals surface area contributed by atoms with E-state index in [1.165, 1.54) is 12.5 Å². The average Bonchev–Trinajstić information content (AvgIpc) is 3.06. The van der Waals surface area contributed by atoms with E-state index < -0.39 is 5.92 Å². The Labute approximate surface area is 110 Å². The Bertz CT molecular complexity index is 518.